The third-order valence-corrected chi connectivity index (χ3v) is 5.49. The largest absolute Gasteiger partial charge is 0.333 e. The molecule has 2 aliphatic heterocycles. The van der Waals surface area contributed by atoms with Gasteiger partial charge in [0, 0.05) is 20.1 Å². The lowest BCUT2D eigenvalue weighted by molar-refractivity contribution is -0.138. The van der Waals surface area contributed by atoms with Crippen molar-refractivity contribution in [2.45, 2.75) is 12.5 Å². The Morgan fingerprint density at radius 2 is 2.05 bits per heavy atom. The maximum Gasteiger partial charge on any atom is 0.279 e. The second kappa shape index (κ2) is 4.83. The van der Waals surface area contributed by atoms with E-state index in [2.05, 4.69) is 4.72 Å². The van der Waals surface area contributed by atoms with E-state index in [0.717, 1.165) is 12.0 Å². The van der Waals surface area contributed by atoms with Gasteiger partial charge in [-0.05, 0) is 17.5 Å². The Labute approximate surface area is 118 Å². The first-order valence-electron chi connectivity index (χ1n) is 6.59. The van der Waals surface area contributed by atoms with Gasteiger partial charge in [-0.15, -0.1) is 0 Å². The van der Waals surface area contributed by atoms with Crippen LogP contribution in [0.4, 0.5) is 0 Å². The summed E-state index contributed by atoms with van der Waals surface area (Å²) in [7, 11) is -2.21. The van der Waals surface area contributed by atoms with E-state index < -0.39 is 10.2 Å². The van der Waals surface area contributed by atoms with Crippen LogP contribution in [0.25, 0.3) is 0 Å². The monoisotopic (exact) mass is 295 g/mol. The van der Waals surface area contributed by atoms with Crippen molar-refractivity contribution in [3.63, 3.8) is 0 Å². The minimum absolute atomic E-state index is 0.0815. The zero-order valence-corrected chi connectivity index (χ0v) is 12.1. The quantitative estimate of drug-likeness (QED) is 0.828. The van der Waals surface area contributed by atoms with E-state index in [1.807, 2.05) is 24.3 Å². The molecule has 1 atom stereocenters. The van der Waals surface area contributed by atoms with Gasteiger partial charge in [-0.3, -0.25) is 4.79 Å². The van der Waals surface area contributed by atoms with Gasteiger partial charge in [0.1, 0.15) is 0 Å². The Morgan fingerprint density at radius 1 is 1.30 bits per heavy atom. The highest BCUT2D eigenvalue weighted by Crippen LogP contribution is 2.33. The van der Waals surface area contributed by atoms with Crippen LogP contribution in [0.15, 0.2) is 24.3 Å². The molecule has 20 heavy (non-hydrogen) atoms. The van der Waals surface area contributed by atoms with Crippen molar-refractivity contribution in [2.75, 3.05) is 26.7 Å². The van der Waals surface area contributed by atoms with Crippen molar-refractivity contribution in [1.29, 1.82) is 0 Å². The van der Waals surface area contributed by atoms with Gasteiger partial charge in [0.2, 0.25) is 5.91 Å². The van der Waals surface area contributed by atoms with Gasteiger partial charge in [0.15, 0.2) is 0 Å². The summed E-state index contributed by atoms with van der Waals surface area (Å²) in [6.45, 7) is 0.891. The molecule has 3 rings (SSSR count). The van der Waals surface area contributed by atoms with Crippen molar-refractivity contribution in [3.8, 4) is 0 Å². The summed E-state index contributed by atoms with van der Waals surface area (Å²) in [6, 6.07) is 7.75. The fourth-order valence-electron chi connectivity index (χ4n) is 2.96. The summed E-state index contributed by atoms with van der Waals surface area (Å²) in [5, 5.41) is 0. The molecule has 0 radical (unpaired) electrons. The Bertz CT molecular complexity index is 644. The average molecular weight is 295 g/mol. The summed E-state index contributed by atoms with van der Waals surface area (Å²) in [4.78, 5) is 14.0. The maximum absolute atomic E-state index is 12.2. The van der Waals surface area contributed by atoms with Gasteiger partial charge in [-0.2, -0.15) is 12.7 Å². The third kappa shape index (κ3) is 2.11. The van der Waals surface area contributed by atoms with E-state index in [9.17, 15) is 13.2 Å². The first-order chi connectivity index (χ1) is 9.53. The van der Waals surface area contributed by atoms with Gasteiger partial charge < -0.3 is 4.90 Å². The summed E-state index contributed by atoms with van der Waals surface area (Å²) < 4.78 is 27.4. The number of hydrogen-bond donors (Lipinski definition) is 1. The lowest BCUT2D eigenvalue weighted by atomic mass is 9.91. The minimum Gasteiger partial charge on any atom is -0.333 e. The normalized spacial score (nSPS) is 23.4. The molecule has 1 amide bonds. The number of benzene rings is 1. The van der Waals surface area contributed by atoms with Crippen LogP contribution >= 0.6 is 0 Å². The Balaban J connectivity index is 1.98. The summed E-state index contributed by atoms with van der Waals surface area (Å²) >= 11 is 0. The number of amides is 1. The van der Waals surface area contributed by atoms with Crippen LogP contribution < -0.4 is 4.72 Å². The first-order valence-corrected chi connectivity index (χ1v) is 8.03. The van der Waals surface area contributed by atoms with Crippen LogP contribution in [0, 0.1) is 0 Å². The van der Waals surface area contributed by atoms with Gasteiger partial charge in [0.05, 0.1) is 12.6 Å². The number of carbonyl (C=O) groups is 1. The van der Waals surface area contributed by atoms with Crippen LogP contribution in [-0.4, -0.2) is 50.2 Å². The van der Waals surface area contributed by atoms with E-state index in [0.29, 0.717) is 13.1 Å². The molecule has 1 N–H and O–H groups in total. The van der Waals surface area contributed by atoms with Crippen LogP contribution in [0.2, 0.25) is 0 Å². The van der Waals surface area contributed by atoms with Crippen molar-refractivity contribution < 1.29 is 13.2 Å². The second-order valence-electron chi connectivity index (χ2n) is 5.05. The number of hydrogen-bond acceptors (Lipinski definition) is 3. The lowest BCUT2D eigenvalue weighted by Gasteiger charge is -2.43. The zero-order valence-electron chi connectivity index (χ0n) is 11.2. The van der Waals surface area contributed by atoms with E-state index >= 15 is 0 Å². The summed E-state index contributed by atoms with van der Waals surface area (Å²) in [5.74, 6) is -0.130. The van der Waals surface area contributed by atoms with E-state index in [-0.39, 0.29) is 18.5 Å². The number of fused-ring (bicyclic) bond motifs is 3. The Kier molecular flexibility index (Phi) is 3.27. The maximum atomic E-state index is 12.2. The predicted octanol–water partition coefficient (Wildman–Crippen LogP) is -0.108. The average Bonchev–Trinajstić information content (AvgIpc) is 2.47. The number of rotatable bonds is 2. The van der Waals surface area contributed by atoms with Gasteiger partial charge in [0.25, 0.3) is 10.2 Å². The fraction of sp³-hybridized carbons (Fsp3) is 0.462. The predicted molar refractivity (Wildman–Crippen MR) is 74.2 cm³/mol. The molecule has 6 nitrogen and oxygen atoms in total. The van der Waals surface area contributed by atoms with E-state index in [1.54, 1.807) is 4.90 Å². The highest BCUT2D eigenvalue weighted by atomic mass is 32.2. The number of piperazine rings is 1. The SMILES string of the molecule is CNS(=O)(=O)N1CC(=O)N2CCc3ccccc3C2C1. The Hall–Kier alpha value is -1.44. The molecule has 1 unspecified atom stereocenters. The molecule has 1 aromatic rings. The summed E-state index contributed by atoms with van der Waals surface area (Å²) in [6.07, 6.45) is 0.831. The van der Waals surface area contributed by atoms with Gasteiger partial charge in [-0.25, -0.2) is 4.72 Å². The molecule has 2 heterocycles. The van der Waals surface area contributed by atoms with Crippen LogP contribution in [0.5, 0.6) is 0 Å². The van der Waals surface area contributed by atoms with E-state index in [4.69, 9.17) is 0 Å². The molecule has 0 saturated carbocycles. The number of nitrogens with one attached hydrogen (secondary N) is 1. The molecule has 0 aromatic heterocycles. The standard InChI is InChI=1S/C13H17N3O3S/c1-14-20(18,19)15-8-12-11-5-3-2-4-10(11)6-7-16(12)13(17)9-15/h2-5,12,14H,6-9H2,1H3. The molecule has 7 heteroatoms. The zero-order chi connectivity index (χ0) is 14.3. The van der Waals surface area contributed by atoms with Crippen LogP contribution in [0.3, 0.4) is 0 Å². The van der Waals surface area contributed by atoms with Crippen molar-refractivity contribution in [1.82, 2.24) is 13.9 Å². The summed E-state index contributed by atoms with van der Waals surface area (Å²) in [5.41, 5.74) is 2.26. The van der Waals surface area contributed by atoms with Crippen LogP contribution in [-0.2, 0) is 21.4 Å². The molecule has 1 aromatic carbocycles. The highest BCUT2D eigenvalue weighted by molar-refractivity contribution is 7.87. The Morgan fingerprint density at radius 3 is 2.80 bits per heavy atom. The van der Waals surface area contributed by atoms with E-state index in [1.165, 1.54) is 16.9 Å². The molecule has 2 aliphatic rings. The molecular weight excluding hydrogens is 278 g/mol. The third-order valence-electron chi connectivity index (χ3n) is 4.02. The molecule has 108 valence electrons. The molecule has 0 spiro atoms. The molecule has 1 saturated heterocycles. The molecular formula is C13H17N3O3S. The smallest absolute Gasteiger partial charge is 0.279 e. The lowest BCUT2D eigenvalue weighted by Crippen LogP contribution is -2.57. The van der Waals surface area contributed by atoms with Crippen LogP contribution in [0.1, 0.15) is 17.2 Å². The molecule has 0 bridgehead atoms. The van der Waals surface area contributed by atoms with Gasteiger partial charge >= 0.3 is 0 Å². The number of carbonyl (C=O) groups excluding carboxylic acids is 1. The first kappa shape index (κ1) is 13.5. The van der Waals surface area contributed by atoms with Crippen molar-refractivity contribution in [3.05, 3.63) is 35.4 Å². The van der Waals surface area contributed by atoms with Crippen molar-refractivity contribution in [2.24, 2.45) is 0 Å². The van der Waals surface area contributed by atoms with Gasteiger partial charge in [-0.1, -0.05) is 24.3 Å². The molecule has 1 fully saturated rings. The topological polar surface area (TPSA) is 69.7 Å². The second-order valence-corrected chi connectivity index (χ2v) is 6.93. The fourth-order valence-corrected chi connectivity index (χ4v) is 3.83. The highest BCUT2D eigenvalue weighted by Gasteiger charge is 2.40. The molecule has 0 aliphatic carbocycles. The van der Waals surface area contributed by atoms with Crippen molar-refractivity contribution >= 4 is 16.1 Å². The number of nitrogens with zero attached hydrogens (tertiary/aromatic N) is 2. The minimum atomic E-state index is -3.57.